The third-order valence-corrected chi connectivity index (χ3v) is 3.79. The van der Waals surface area contributed by atoms with E-state index in [1.54, 1.807) is 6.07 Å². The lowest BCUT2D eigenvalue weighted by atomic mass is 9.98. The van der Waals surface area contributed by atoms with Crippen molar-refractivity contribution in [1.82, 2.24) is 9.88 Å². The lowest BCUT2D eigenvalue weighted by Crippen LogP contribution is -2.37. The summed E-state index contributed by atoms with van der Waals surface area (Å²) in [5.41, 5.74) is 6.98. The molecule has 1 aromatic rings. The smallest absolute Gasteiger partial charge is 0.141 e. The molecule has 3 unspecified atom stereocenters. The Bertz CT molecular complexity index is 412. The van der Waals surface area contributed by atoms with Crippen LogP contribution in [0.4, 0.5) is 4.39 Å². The molecule has 0 spiro atoms. The van der Waals surface area contributed by atoms with E-state index in [2.05, 4.69) is 23.7 Å². The summed E-state index contributed by atoms with van der Waals surface area (Å²) in [4.78, 5) is 6.48. The highest BCUT2D eigenvalue weighted by atomic mass is 19.1. The molecule has 1 fully saturated rings. The summed E-state index contributed by atoms with van der Waals surface area (Å²) in [6, 6.07) is 2.91. The summed E-state index contributed by atoms with van der Waals surface area (Å²) >= 11 is 0. The van der Waals surface area contributed by atoms with Crippen molar-refractivity contribution in [1.29, 1.82) is 0 Å². The van der Waals surface area contributed by atoms with Gasteiger partial charge in [-0.15, -0.1) is 0 Å². The van der Waals surface area contributed by atoms with Gasteiger partial charge in [0.05, 0.1) is 24.0 Å². The zero-order valence-corrected chi connectivity index (χ0v) is 12.3. The van der Waals surface area contributed by atoms with Crippen LogP contribution in [0.1, 0.15) is 32.0 Å². The average Bonchev–Trinajstić information content (AvgIpc) is 2.63. The maximum atomic E-state index is 12.9. The molecule has 1 aliphatic rings. The molecule has 0 aromatic carbocycles. The van der Waals surface area contributed by atoms with Crippen LogP contribution in [-0.2, 0) is 4.74 Å². The third-order valence-electron chi connectivity index (χ3n) is 3.79. The molecule has 0 saturated carbocycles. The molecule has 112 valence electrons. The van der Waals surface area contributed by atoms with Crippen molar-refractivity contribution in [2.75, 3.05) is 26.2 Å². The van der Waals surface area contributed by atoms with Gasteiger partial charge in [-0.25, -0.2) is 4.39 Å². The molecule has 1 saturated heterocycles. The third kappa shape index (κ3) is 4.23. The first kappa shape index (κ1) is 15.4. The molecule has 0 aliphatic carbocycles. The molecule has 2 heterocycles. The van der Waals surface area contributed by atoms with E-state index >= 15 is 0 Å². The van der Waals surface area contributed by atoms with Crippen molar-refractivity contribution in [3.8, 4) is 0 Å². The van der Waals surface area contributed by atoms with Gasteiger partial charge in [0.2, 0.25) is 0 Å². The number of aromatic nitrogens is 1. The van der Waals surface area contributed by atoms with Crippen molar-refractivity contribution >= 4 is 0 Å². The first-order chi connectivity index (χ1) is 9.56. The average molecular weight is 281 g/mol. The topological polar surface area (TPSA) is 51.4 Å². The van der Waals surface area contributed by atoms with E-state index in [9.17, 15) is 4.39 Å². The number of pyridine rings is 1. The highest BCUT2D eigenvalue weighted by Crippen LogP contribution is 2.19. The van der Waals surface area contributed by atoms with Crippen LogP contribution in [-0.4, -0.2) is 42.2 Å². The normalized spacial score (nSPS) is 24.1. The highest BCUT2D eigenvalue weighted by Gasteiger charge is 2.22. The number of hydrogen-bond donors (Lipinski definition) is 1. The Morgan fingerprint density at radius 3 is 3.05 bits per heavy atom. The van der Waals surface area contributed by atoms with E-state index < -0.39 is 0 Å². The molecule has 5 heteroatoms. The lowest BCUT2D eigenvalue weighted by molar-refractivity contribution is 0.0652. The van der Waals surface area contributed by atoms with Crippen LogP contribution in [0.25, 0.3) is 0 Å². The van der Waals surface area contributed by atoms with Crippen molar-refractivity contribution in [2.45, 2.75) is 32.4 Å². The quantitative estimate of drug-likeness (QED) is 0.916. The second kappa shape index (κ2) is 7.11. The largest absolute Gasteiger partial charge is 0.377 e. The van der Waals surface area contributed by atoms with Crippen molar-refractivity contribution < 1.29 is 9.13 Å². The summed E-state index contributed by atoms with van der Waals surface area (Å²) in [5.74, 6) is -0.0645. The summed E-state index contributed by atoms with van der Waals surface area (Å²) in [5, 5.41) is 0. The Kier molecular flexibility index (Phi) is 5.46. The van der Waals surface area contributed by atoms with Crippen LogP contribution >= 0.6 is 0 Å². The monoisotopic (exact) mass is 281 g/mol. The molecule has 0 bridgehead atoms. The molecule has 2 rings (SSSR count). The van der Waals surface area contributed by atoms with Crippen LogP contribution in [0.3, 0.4) is 0 Å². The first-order valence-corrected chi connectivity index (χ1v) is 7.27. The second-order valence-corrected chi connectivity index (χ2v) is 5.70. The van der Waals surface area contributed by atoms with E-state index in [0.29, 0.717) is 0 Å². The van der Waals surface area contributed by atoms with Crippen LogP contribution in [0, 0.1) is 11.7 Å². The fourth-order valence-corrected chi connectivity index (χ4v) is 2.64. The van der Waals surface area contributed by atoms with E-state index in [1.165, 1.54) is 12.3 Å². The summed E-state index contributed by atoms with van der Waals surface area (Å²) in [7, 11) is 0. The fraction of sp³-hybridized carbons (Fsp3) is 0.667. The van der Waals surface area contributed by atoms with Gasteiger partial charge >= 0.3 is 0 Å². The highest BCUT2D eigenvalue weighted by molar-refractivity contribution is 5.10. The zero-order chi connectivity index (χ0) is 14.5. The predicted molar refractivity (Wildman–Crippen MR) is 76.8 cm³/mol. The SMILES string of the molecule is CC1CN(CC(C)C(N)c2ccc(F)cn2)CCCO1. The Hall–Kier alpha value is -1.04. The molecule has 1 aliphatic heterocycles. The zero-order valence-electron chi connectivity index (χ0n) is 12.3. The van der Waals surface area contributed by atoms with Crippen molar-refractivity contribution in [3.05, 3.63) is 29.8 Å². The number of halogens is 1. The molecule has 20 heavy (non-hydrogen) atoms. The maximum absolute atomic E-state index is 12.9. The van der Waals surface area contributed by atoms with Gasteiger partial charge in [0.25, 0.3) is 0 Å². The van der Waals surface area contributed by atoms with Gasteiger partial charge < -0.3 is 15.4 Å². The van der Waals surface area contributed by atoms with Crippen molar-refractivity contribution in [2.24, 2.45) is 11.7 Å². The van der Waals surface area contributed by atoms with Gasteiger partial charge in [0.1, 0.15) is 5.82 Å². The molecule has 0 radical (unpaired) electrons. The van der Waals surface area contributed by atoms with E-state index in [1.807, 2.05) is 0 Å². The number of rotatable bonds is 4. The van der Waals surface area contributed by atoms with Gasteiger partial charge in [0, 0.05) is 26.2 Å². The van der Waals surface area contributed by atoms with Gasteiger partial charge in [-0.3, -0.25) is 4.98 Å². The molecular formula is C15H24FN3O. The number of nitrogens with two attached hydrogens (primary N) is 1. The molecular weight excluding hydrogens is 257 g/mol. The van der Waals surface area contributed by atoms with Crippen LogP contribution < -0.4 is 5.73 Å². The number of hydrogen-bond acceptors (Lipinski definition) is 4. The Morgan fingerprint density at radius 1 is 1.55 bits per heavy atom. The van der Waals surface area contributed by atoms with Crippen LogP contribution in [0.2, 0.25) is 0 Å². The summed E-state index contributed by atoms with van der Waals surface area (Å²) in [6.45, 7) is 7.94. The molecule has 4 nitrogen and oxygen atoms in total. The number of ether oxygens (including phenoxy) is 1. The standard InChI is InChI=1S/C15H24FN3O/c1-11(9-19-6-3-7-20-12(2)10-19)15(17)14-5-4-13(16)8-18-14/h4-5,8,11-12,15H,3,6-7,9-10,17H2,1-2H3. The van der Waals surface area contributed by atoms with Gasteiger partial charge in [-0.1, -0.05) is 6.92 Å². The number of nitrogens with zero attached hydrogens (tertiary/aromatic N) is 2. The second-order valence-electron chi connectivity index (χ2n) is 5.70. The van der Waals surface area contributed by atoms with Gasteiger partial charge in [-0.2, -0.15) is 0 Å². The van der Waals surface area contributed by atoms with Gasteiger partial charge in [0.15, 0.2) is 0 Å². The Balaban J connectivity index is 1.92. The van der Waals surface area contributed by atoms with Crippen LogP contribution in [0.5, 0.6) is 0 Å². The fourth-order valence-electron chi connectivity index (χ4n) is 2.64. The van der Waals surface area contributed by atoms with E-state index in [4.69, 9.17) is 10.5 Å². The Labute approximate surface area is 120 Å². The lowest BCUT2D eigenvalue weighted by Gasteiger charge is -2.28. The van der Waals surface area contributed by atoms with Crippen molar-refractivity contribution in [3.63, 3.8) is 0 Å². The minimum absolute atomic E-state index is 0.171. The molecule has 3 atom stereocenters. The Morgan fingerprint density at radius 2 is 2.35 bits per heavy atom. The molecule has 1 aromatic heterocycles. The first-order valence-electron chi connectivity index (χ1n) is 7.27. The predicted octanol–water partition coefficient (Wildman–Crippen LogP) is 1.97. The van der Waals surface area contributed by atoms with E-state index in [0.717, 1.165) is 38.4 Å². The minimum atomic E-state index is -0.327. The summed E-state index contributed by atoms with van der Waals surface area (Å²) < 4.78 is 18.5. The molecule has 2 N–H and O–H groups in total. The molecule has 0 amide bonds. The summed E-state index contributed by atoms with van der Waals surface area (Å²) in [6.07, 6.45) is 2.55. The minimum Gasteiger partial charge on any atom is -0.377 e. The maximum Gasteiger partial charge on any atom is 0.141 e. The van der Waals surface area contributed by atoms with Crippen LogP contribution in [0.15, 0.2) is 18.3 Å². The van der Waals surface area contributed by atoms with E-state index in [-0.39, 0.29) is 23.9 Å². The van der Waals surface area contributed by atoms with Gasteiger partial charge in [-0.05, 0) is 31.4 Å².